The summed E-state index contributed by atoms with van der Waals surface area (Å²) in [7, 11) is 0. The Hall–Kier alpha value is -0.720. The first kappa shape index (κ1) is 11.3. The fraction of sp³-hybridized carbons (Fsp3) is 0.636. The minimum absolute atomic E-state index is 0.650. The summed E-state index contributed by atoms with van der Waals surface area (Å²) < 4.78 is 0. The minimum Gasteiger partial charge on any atom is -0.389 e. The molecule has 1 nitrogen and oxygen atoms in total. The van der Waals surface area contributed by atoms with Crippen molar-refractivity contribution in [3.8, 4) is 0 Å². The third-order valence-electron chi connectivity index (χ3n) is 2.08. The van der Waals surface area contributed by atoms with Crippen LogP contribution in [-0.2, 0) is 0 Å². The van der Waals surface area contributed by atoms with Crippen molar-refractivity contribution in [2.45, 2.75) is 33.6 Å². The van der Waals surface area contributed by atoms with Gasteiger partial charge in [0.1, 0.15) is 0 Å². The first-order valence-electron chi connectivity index (χ1n) is 4.58. The first-order chi connectivity index (χ1) is 5.54. The van der Waals surface area contributed by atoms with Crippen LogP contribution in [0.1, 0.15) is 33.6 Å². The summed E-state index contributed by atoms with van der Waals surface area (Å²) in [6.07, 6.45) is 2.41. The molecule has 0 radical (unpaired) electrons. The van der Waals surface area contributed by atoms with Crippen molar-refractivity contribution in [1.29, 1.82) is 0 Å². The molecule has 1 unspecified atom stereocenters. The van der Waals surface area contributed by atoms with Crippen LogP contribution in [-0.4, -0.2) is 6.54 Å². The Labute approximate surface area is 76.6 Å². The SMILES string of the molecule is C=C(C)NCCCC(C)C(=C)C. The van der Waals surface area contributed by atoms with Crippen molar-refractivity contribution < 1.29 is 0 Å². The van der Waals surface area contributed by atoms with Crippen LogP contribution in [0.25, 0.3) is 0 Å². The third-order valence-corrected chi connectivity index (χ3v) is 2.08. The zero-order valence-electron chi connectivity index (χ0n) is 8.61. The van der Waals surface area contributed by atoms with Crippen LogP contribution in [0.2, 0.25) is 0 Å². The molecule has 0 spiro atoms. The second kappa shape index (κ2) is 5.87. The van der Waals surface area contributed by atoms with E-state index in [1.165, 1.54) is 18.4 Å². The summed E-state index contributed by atoms with van der Waals surface area (Å²) in [6, 6.07) is 0. The van der Waals surface area contributed by atoms with Crippen LogP contribution in [0, 0.1) is 5.92 Å². The summed E-state index contributed by atoms with van der Waals surface area (Å²) in [6.45, 7) is 15.1. The van der Waals surface area contributed by atoms with Crippen LogP contribution in [0.3, 0.4) is 0 Å². The van der Waals surface area contributed by atoms with Crippen molar-refractivity contribution in [1.82, 2.24) is 5.32 Å². The smallest absolute Gasteiger partial charge is 0.0143 e. The van der Waals surface area contributed by atoms with Crippen molar-refractivity contribution >= 4 is 0 Å². The maximum atomic E-state index is 3.93. The average molecular weight is 167 g/mol. The topological polar surface area (TPSA) is 12.0 Å². The van der Waals surface area contributed by atoms with E-state index >= 15 is 0 Å². The molecule has 70 valence electrons. The van der Waals surface area contributed by atoms with Gasteiger partial charge in [-0.2, -0.15) is 0 Å². The fourth-order valence-corrected chi connectivity index (χ4v) is 0.956. The van der Waals surface area contributed by atoms with E-state index in [4.69, 9.17) is 0 Å². The largest absolute Gasteiger partial charge is 0.389 e. The molecule has 1 N–H and O–H groups in total. The number of hydrogen-bond acceptors (Lipinski definition) is 1. The maximum absolute atomic E-state index is 3.93. The van der Waals surface area contributed by atoms with Crippen molar-refractivity contribution in [3.63, 3.8) is 0 Å². The third kappa shape index (κ3) is 6.02. The average Bonchev–Trinajstić information content (AvgIpc) is 1.97. The lowest BCUT2D eigenvalue weighted by Crippen LogP contribution is -2.12. The lowest BCUT2D eigenvalue weighted by molar-refractivity contribution is 0.565. The molecular weight excluding hydrogens is 146 g/mol. The Morgan fingerprint density at radius 3 is 2.33 bits per heavy atom. The summed E-state index contributed by atoms with van der Waals surface area (Å²) in [5, 5.41) is 3.22. The van der Waals surface area contributed by atoms with Crippen LogP contribution in [0.4, 0.5) is 0 Å². The molecule has 1 atom stereocenters. The Kier molecular flexibility index (Phi) is 5.52. The van der Waals surface area contributed by atoms with Crippen LogP contribution >= 0.6 is 0 Å². The van der Waals surface area contributed by atoms with E-state index in [9.17, 15) is 0 Å². The molecular formula is C11H21N. The molecule has 0 heterocycles. The van der Waals surface area contributed by atoms with E-state index in [0.29, 0.717) is 5.92 Å². The van der Waals surface area contributed by atoms with E-state index in [0.717, 1.165) is 12.2 Å². The van der Waals surface area contributed by atoms with E-state index in [1.807, 2.05) is 6.92 Å². The molecule has 0 saturated heterocycles. The Morgan fingerprint density at radius 2 is 1.92 bits per heavy atom. The molecule has 0 bridgehead atoms. The molecule has 0 rings (SSSR count). The zero-order valence-corrected chi connectivity index (χ0v) is 8.61. The van der Waals surface area contributed by atoms with Gasteiger partial charge in [-0.15, -0.1) is 0 Å². The van der Waals surface area contributed by atoms with Crippen molar-refractivity contribution in [2.24, 2.45) is 5.92 Å². The van der Waals surface area contributed by atoms with Gasteiger partial charge in [0, 0.05) is 12.2 Å². The van der Waals surface area contributed by atoms with E-state index in [1.54, 1.807) is 0 Å². The summed E-state index contributed by atoms with van der Waals surface area (Å²) in [5.74, 6) is 0.650. The van der Waals surface area contributed by atoms with Crippen LogP contribution < -0.4 is 5.32 Å². The molecule has 0 aliphatic rings. The molecule has 12 heavy (non-hydrogen) atoms. The van der Waals surface area contributed by atoms with Crippen LogP contribution in [0.15, 0.2) is 24.4 Å². The Balaban J connectivity index is 3.31. The lowest BCUT2D eigenvalue weighted by atomic mass is 9.99. The summed E-state index contributed by atoms with van der Waals surface area (Å²) >= 11 is 0. The van der Waals surface area contributed by atoms with Crippen LogP contribution in [0.5, 0.6) is 0 Å². The highest BCUT2D eigenvalue weighted by atomic mass is 14.9. The van der Waals surface area contributed by atoms with Crippen molar-refractivity contribution in [2.75, 3.05) is 6.54 Å². The number of nitrogens with one attached hydrogen (secondary N) is 1. The molecule has 0 aliphatic heterocycles. The monoisotopic (exact) mass is 167 g/mol. The second-order valence-corrected chi connectivity index (χ2v) is 3.60. The molecule has 0 saturated carbocycles. The van der Waals surface area contributed by atoms with Gasteiger partial charge in [0.15, 0.2) is 0 Å². The molecule has 0 aliphatic carbocycles. The molecule has 0 amide bonds. The van der Waals surface area contributed by atoms with Gasteiger partial charge in [-0.1, -0.05) is 25.7 Å². The van der Waals surface area contributed by atoms with Gasteiger partial charge in [0.05, 0.1) is 0 Å². The predicted molar refractivity (Wildman–Crippen MR) is 56.0 cm³/mol. The van der Waals surface area contributed by atoms with Gasteiger partial charge in [-0.25, -0.2) is 0 Å². The summed E-state index contributed by atoms with van der Waals surface area (Å²) in [4.78, 5) is 0. The highest BCUT2D eigenvalue weighted by Gasteiger charge is 2.00. The zero-order chi connectivity index (χ0) is 9.56. The fourth-order valence-electron chi connectivity index (χ4n) is 0.956. The van der Waals surface area contributed by atoms with Gasteiger partial charge < -0.3 is 5.32 Å². The molecule has 1 heteroatoms. The predicted octanol–water partition coefficient (Wildman–Crippen LogP) is 3.10. The number of allylic oxidation sites excluding steroid dienone is 2. The van der Waals surface area contributed by atoms with Gasteiger partial charge >= 0.3 is 0 Å². The number of rotatable bonds is 6. The van der Waals surface area contributed by atoms with Gasteiger partial charge in [-0.3, -0.25) is 0 Å². The highest BCUT2D eigenvalue weighted by molar-refractivity contribution is 4.93. The summed E-state index contributed by atoms with van der Waals surface area (Å²) in [5.41, 5.74) is 2.34. The van der Waals surface area contributed by atoms with Gasteiger partial charge in [0.25, 0.3) is 0 Å². The molecule has 0 aromatic heterocycles. The molecule has 0 fully saturated rings. The Bertz CT molecular complexity index is 158. The van der Waals surface area contributed by atoms with E-state index in [2.05, 4.69) is 32.3 Å². The van der Waals surface area contributed by atoms with E-state index < -0.39 is 0 Å². The quantitative estimate of drug-likeness (QED) is 0.473. The van der Waals surface area contributed by atoms with Crippen molar-refractivity contribution in [3.05, 3.63) is 24.4 Å². The lowest BCUT2D eigenvalue weighted by Gasteiger charge is -2.11. The number of hydrogen-bond donors (Lipinski definition) is 1. The molecule has 0 aromatic rings. The van der Waals surface area contributed by atoms with Gasteiger partial charge in [0.2, 0.25) is 0 Å². The first-order valence-corrected chi connectivity index (χ1v) is 4.58. The minimum atomic E-state index is 0.650. The van der Waals surface area contributed by atoms with Gasteiger partial charge in [-0.05, 0) is 32.6 Å². The Morgan fingerprint density at radius 1 is 1.33 bits per heavy atom. The molecule has 0 aromatic carbocycles. The maximum Gasteiger partial charge on any atom is 0.0143 e. The second-order valence-electron chi connectivity index (χ2n) is 3.60. The normalized spacial score (nSPS) is 12.2. The standard InChI is InChI=1S/C11H21N/c1-9(2)11(5)7-6-8-12-10(3)4/h11-12H,1,3,6-8H2,2,4-5H3. The van der Waals surface area contributed by atoms with E-state index in [-0.39, 0.29) is 0 Å². The highest BCUT2D eigenvalue weighted by Crippen LogP contribution is 2.13.